The Kier molecular flexibility index (Phi) is 5.21. The summed E-state index contributed by atoms with van der Waals surface area (Å²) in [5, 5.41) is 7.64. The van der Waals surface area contributed by atoms with Gasteiger partial charge in [-0.1, -0.05) is 0 Å². The Hall–Kier alpha value is -2.57. The van der Waals surface area contributed by atoms with Crippen LogP contribution in [0.2, 0.25) is 0 Å². The van der Waals surface area contributed by atoms with Crippen LogP contribution >= 0.6 is 0 Å². The molecule has 3 rings (SSSR count). The molecule has 1 fully saturated rings. The molecular weight excluding hydrogens is 316 g/mol. The molecule has 25 heavy (non-hydrogen) atoms. The van der Waals surface area contributed by atoms with Gasteiger partial charge in [-0.3, -0.25) is 4.79 Å². The van der Waals surface area contributed by atoms with E-state index in [9.17, 15) is 4.79 Å². The van der Waals surface area contributed by atoms with Crippen LogP contribution in [0.15, 0.2) is 24.5 Å². The molecule has 7 nitrogen and oxygen atoms in total. The van der Waals surface area contributed by atoms with Crippen LogP contribution in [-0.2, 0) is 6.54 Å². The van der Waals surface area contributed by atoms with E-state index in [0.29, 0.717) is 12.1 Å². The summed E-state index contributed by atoms with van der Waals surface area (Å²) in [4.78, 5) is 18.4. The van der Waals surface area contributed by atoms with Gasteiger partial charge in [-0.05, 0) is 51.3 Å². The maximum Gasteiger partial charge on any atom is 0.250 e. The molecule has 1 saturated heterocycles. The largest absolute Gasteiger partial charge is 0.378 e. The van der Waals surface area contributed by atoms with Crippen molar-refractivity contribution in [1.82, 2.24) is 14.8 Å². The molecule has 2 aromatic rings. The van der Waals surface area contributed by atoms with E-state index in [4.69, 9.17) is 5.73 Å². The second-order valence-corrected chi connectivity index (χ2v) is 6.71. The van der Waals surface area contributed by atoms with E-state index in [0.717, 1.165) is 43.1 Å². The fourth-order valence-corrected chi connectivity index (χ4v) is 3.26. The molecule has 1 amide bonds. The number of hydrogen-bond donors (Lipinski definition) is 2. The number of carbonyl (C=O) groups is 1. The third kappa shape index (κ3) is 3.92. The molecule has 134 valence electrons. The molecule has 1 aliphatic heterocycles. The number of piperidine rings is 1. The summed E-state index contributed by atoms with van der Waals surface area (Å²) in [6.45, 7) is 6.66. The highest BCUT2D eigenvalue weighted by Gasteiger charge is 2.18. The van der Waals surface area contributed by atoms with Gasteiger partial charge < -0.3 is 16.0 Å². The zero-order valence-corrected chi connectivity index (χ0v) is 14.9. The lowest BCUT2D eigenvalue weighted by Crippen LogP contribution is -2.31. The first-order chi connectivity index (χ1) is 12.1. The fraction of sp³-hybridized carbons (Fsp3) is 0.500. The van der Waals surface area contributed by atoms with Crippen molar-refractivity contribution >= 4 is 17.3 Å². The molecule has 1 aromatic heterocycles. The molecule has 0 spiro atoms. The van der Waals surface area contributed by atoms with Crippen LogP contribution in [0.25, 0.3) is 0 Å². The van der Waals surface area contributed by atoms with Crippen LogP contribution < -0.4 is 16.0 Å². The highest BCUT2D eigenvalue weighted by Crippen LogP contribution is 2.27. The van der Waals surface area contributed by atoms with Gasteiger partial charge in [0.2, 0.25) is 0 Å². The van der Waals surface area contributed by atoms with Crippen molar-refractivity contribution in [3.63, 3.8) is 0 Å². The van der Waals surface area contributed by atoms with Crippen molar-refractivity contribution in [2.24, 2.45) is 5.73 Å². The van der Waals surface area contributed by atoms with Crippen LogP contribution in [0, 0.1) is 0 Å². The van der Waals surface area contributed by atoms with E-state index >= 15 is 0 Å². The van der Waals surface area contributed by atoms with Gasteiger partial charge in [0.1, 0.15) is 12.2 Å². The maximum absolute atomic E-state index is 11.8. The topological polar surface area (TPSA) is 89.1 Å². The number of hydrogen-bond acceptors (Lipinski definition) is 5. The third-order valence-corrected chi connectivity index (χ3v) is 4.55. The predicted octanol–water partition coefficient (Wildman–Crippen LogP) is 2.56. The van der Waals surface area contributed by atoms with Gasteiger partial charge >= 0.3 is 0 Å². The number of carbonyl (C=O) groups excluding carboxylic acids is 1. The zero-order valence-electron chi connectivity index (χ0n) is 14.9. The summed E-state index contributed by atoms with van der Waals surface area (Å²) >= 11 is 0. The lowest BCUT2D eigenvalue weighted by molar-refractivity contribution is 0.100. The fourth-order valence-electron chi connectivity index (χ4n) is 3.26. The van der Waals surface area contributed by atoms with Gasteiger partial charge in [0.15, 0.2) is 0 Å². The Balaban J connectivity index is 1.79. The van der Waals surface area contributed by atoms with E-state index in [1.165, 1.54) is 6.42 Å². The number of amides is 1. The van der Waals surface area contributed by atoms with Crippen molar-refractivity contribution in [2.45, 2.75) is 45.7 Å². The van der Waals surface area contributed by atoms with Crippen LogP contribution in [0.3, 0.4) is 0 Å². The second-order valence-electron chi connectivity index (χ2n) is 6.71. The summed E-state index contributed by atoms with van der Waals surface area (Å²) in [6.07, 6.45) is 5.11. The molecule has 0 radical (unpaired) electrons. The first kappa shape index (κ1) is 17.3. The van der Waals surface area contributed by atoms with Gasteiger partial charge in [-0.25, -0.2) is 9.67 Å². The highest BCUT2D eigenvalue weighted by atomic mass is 16.1. The zero-order chi connectivity index (χ0) is 17.8. The van der Waals surface area contributed by atoms with Gasteiger partial charge in [-0.2, -0.15) is 5.10 Å². The maximum atomic E-state index is 11.8. The Morgan fingerprint density at radius 3 is 2.72 bits per heavy atom. The quantitative estimate of drug-likeness (QED) is 0.842. The first-order valence-electron chi connectivity index (χ1n) is 8.87. The van der Waals surface area contributed by atoms with Crippen molar-refractivity contribution in [3.8, 4) is 0 Å². The standard InChI is InChI=1S/C18H26N6O/c1-13(2)24-17(21-12-22-24)11-20-14-6-7-15(18(19)25)16(10-14)23-8-4-3-5-9-23/h6-7,10,12-13,20H,3-5,8-9,11H2,1-2H3,(H2,19,25). The number of aromatic nitrogens is 3. The number of nitrogens with one attached hydrogen (secondary N) is 1. The van der Waals surface area contributed by atoms with E-state index in [1.54, 1.807) is 6.33 Å². The number of benzene rings is 1. The monoisotopic (exact) mass is 342 g/mol. The third-order valence-electron chi connectivity index (χ3n) is 4.55. The molecule has 7 heteroatoms. The summed E-state index contributed by atoms with van der Waals surface area (Å²) in [7, 11) is 0. The molecule has 0 aliphatic carbocycles. The smallest absolute Gasteiger partial charge is 0.250 e. The van der Waals surface area contributed by atoms with E-state index in [1.807, 2.05) is 22.9 Å². The van der Waals surface area contributed by atoms with E-state index in [2.05, 4.69) is 34.1 Å². The lowest BCUT2D eigenvalue weighted by Gasteiger charge is -2.30. The first-order valence-corrected chi connectivity index (χ1v) is 8.87. The summed E-state index contributed by atoms with van der Waals surface area (Å²) < 4.78 is 1.90. The number of primary amides is 1. The van der Waals surface area contributed by atoms with Gasteiger partial charge in [-0.15, -0.1) is 0 Å². The molecule has 0 unspecified atom stereocenters. The van der Waals surface area contributed by atoms with Crippen molar-refractivity contribution in [3.05, 3.63) is 35.9 Å². The molecule has 0 atom stereocenters. The number of nitrogens with two attached hydrogens (primary N) is 1. The van der Waals surface area contributed by atoms with Crippen molar-refractivity contribution in [2.75, 3.05) is 23.3 Å². The highest BCUT2D eigenvalue weighted by molar-refractivity contribution is 5.99. The Morgan fingerprint density at radius 1 is 1.28 bits per heavy atom. The van der Waals surface area contributed by atoms with E-state index < -0.39 is 0 Å². The normalized spacial score (nSPS) is 14.8. The molecule has 0 bridgehead atoms. The van der Waals surface area contributed by atoms with Gasteiger partial charge in [0.25, 0.3) is 5.91 Å². The van der Waals surface area contributed by atoms with Crippen molar-refractivity contribution in [1.29, 1.82) is 0 Å². The summed E-state index contributed by atoms with van der Waals surface area (Å²) in [5.41, 5.74) is 8.02. The Bertz CT molecular complexity index is 733. The summed E-state index contributed by atoms with van der Waals surface area (Å²) in [6, 6.07) is 5.98. The second kappa shape index (κ2) is 7.55. The average molecular weight is 342 g/mol. The molecular formula is C18H26N6O. The van der Waals surface area contributed by atoms with Gasteiger partial charge in [0.05, 0.1) is 17.8 Å². The van der Waals surface area contributed by atoms with Crippen LogP contribution in [0.5, 0.6) is 0 Å². The molecule has 0 saturated carbocycles. The van der Waals surface area contributed by atoms with Crippen LogP contribution in [-0.4, -0.2) is 33.8 Å². The number of anilines is 2. The van der Waals surface area contributed by atoms with Crippen LogP contribution in [0.1, 0.15) is 55.3 Å². The SMILES string of the molecule is CC(C)n1ncnc1CNc1ccc(C(N)=O)c(N2CCCCC2)c1. The minimum Gasteiger partial charge on any atom is -0.378 e. The minimum absolute atomic E-state index is 0.264. The molecule has 1 aromatic carbocycles. The van der Waals surface area contributed by atoms with Crippen LogP contribution in [0.4, 0.5) is 11.4 Å². The van der Waals surface area contributed by atoms with E-state index in [-0.39, 0.29) is 11.9 Å². The Morgan fingerprint density at radius 2 is 2.04 bits per heavy atom. The number of rotatable bonds is 6. The predicted molar refractivity (Wildman–Crippen MR) is 98.8 cm³/mol. The Labute approximate surface area is 148 Å². The summed E-state index contributed by atoms with van der Waals surface area (Å²) in [5.74, 6) is 0.500. The average Bonchev–Trinajstić information content (AvgIpc) is 3.09. The molecule has 1 aliphatic rings. The van der Waals surface area contributed by atoms with Crippen molar-refractivity contribution < 1.29 is 4.79 Å². The lowest BCUT2D eigenvalue weighted by atomic mass is 10.1. The minimum atomic E-state index is -0.383. The molecule has 2 heterocycles. The molecule has 3 N–H and O–H groups in total. The number of nitrogens with zero attached hydrogens (tertiary/aromatic N) is 4. The van der Waals surface area contributed by atoms with Gasteiger partial charge in [0, 0.05) is 24.8 Å².